The van der Waals surface area contributed by atoms with Crippen LogP contribution in [0.5, 0.6) is 0 Å². The Hall–Kier alpha value is -1.43. The molecular formula is C11H12BrN3O2. The normalized spacial score (nSPS) is 10.8. The standard InChI is InChI=1S/C11H12BrN3O2/c1-3-9-13-14-10(17-9)6-15-5-8(12)4-7(2)11(15)16/h4-5H,3,6H2,1-2H3. The number of hydrogen-bond donors (Lipinski definition) is 0. The van der Waals surface area contributed by atoms with E-state index in [0.29, 0.717) is 30.3 Å². The summed E-state index contributed by atoms with van der Waals surface area (Å²) in [4.78, 5) is 11.9. The molecule has 17 heavy (non-hydrogen) atoms. The molecule has 0 aliphatic carbocycles. The fourth-order valence-electron chi connectivity index (χ4n) is 1.50. The molecule has 2 aromatic heterocycles. The minimum atomic E-state index is -0.0514. The molecule has 0 aliphatic heterocycles. The second-order valence-corrected chi connectivity index (χ2v) is 4.63. The maximum absolute atomic E-state index is 11.9. The number of aryl methyl sites for hydroxylation is 2. The summed E-state index contributed by atoms with van der Waals surface area (Å²) >= 11 is 3.35. The lowest BCUT2D eigenvalue weighted by Crippen LogP contribution is -2.22. The van der Waals surface area contributed by atoms with Crippen molar-refractivity contribution in [2.24, 2.45) is 0 Å². The monoisotopic (exact) mass is 297 g/mol. The maximum atomic E-state index is 11.9. The number of rotatable bonds is 3. The van der Waals surface area contributed by atoms with Gasteiger partial charge in [-0.3, -0.25) is 4.79 Å². The molecule has 5 nitrogen and oxygen atoms in total. The van der Waals surface area contributed by atoms with E-state index in [2.05, 4.69) is 26.1 Å². The Morgan fingerprint density at radius 3 is 2.76 bits per heavy atom. The first-order chi connectivity index (χ1) is 8.10. The lowest BCUT2D eigenvalue weighted by Gasteiger charge is -2.04. The lowest BCUT2D eigenvalue weighted by atomic mass is 10.3. The zero-order chi connectivity index (χ0) is 12.4. The number of nitrogens with zero attached hydrogens (tertiary/aromatic N) is 3. The van der Waals surface area contributed by atoms with Gasteiger partial charge in [0.1, 0.15) is 6.54 Å². The summed E-state index contributed by atoms with van der Waals surface area (Å²) in [7, 11) is 0. The van der Waals surface area contributed by atoms with Crippen LogP contribution in [0.4, 0.5) is 0 Å². The first kappa shape index (κ1) is 12.0. The van der Waals surface area contributed by atoms with Crippen LogP contribution in [-0.2, 0) is 13.0 Å². The Morgan fingerprint density at radius 2 is 2.12 bits per heavy atom. The number of pyridine rings is 1. The van der Waals surface area contributed by atoms with Crippen LogP contribution < -0.4 is 5.56 Å². The van der Waals surface area contributed by atoms with Crippen LogP contribution in [0.1, 0.15) is 24.3 Å². The Bertz CT molecular complexity index is 589. The van der Waals surface area contributed by atoms with E-state index in [0.717, 1.165) is 4.47 Å². The summed E-state index contributed by atoms with van der Waals surface area (Å²) in [5.74, 6) is 1.03. The van der Waals surface area contributed by atoms with E-state index in [1.54, 1.807) is 23.8 Å². The Labute approximate surface area is 107 Å². The van der Waals surface area contributed by atoms with E-state index in [1.807, 2.05) is 6.92 Å². The molecule has 0 fully saturated rings. The molecule has 0 atom stereocenters. The summed E-state index contributed by atoms with van der Waals surface area (Å²) in [6, 6.07) is 1.78. The molecule has 0 spiro atoms. The molecule has 0 saturated carbocycles. The minimum Gasteiger partial charge on any atom is -0.423 e. The smallest absolute Gasteiger partial charge is 0.253 e. The fourth-order valence-corrected chi connectivity index (χ4v) is 2.09. The van der Waals surface area contributed by atoms with Crippen molar-refractivity contribution in [1.29, 1.82) is 0 Å². The van der Waals surface area contributed by atoms with Crippen molar-refractivity contribution in [3.05, 3.63) is 44.4 Å². The molecule has 90 valence electrons. The van der Waals surface area contributed by atoms with E-state index in [-0.39, 0.29) is 5.56 Å². The molecule has 0 amide bonds. The summed E-state index contributed by atoms with van der Waals surface area (Å²) in [6.07, 6.45) is 2.41. The van der Waals surface area contributed by atoms with Crippen molar-refractivity contribution in [1.82, 2.24) is 14.8 Å². The van der Waals surface area contributed by atoms with E-state index < -0.39 is 0 Å². The van der Waals surface area contributed by atoms with Crippen molar-refractivity contribution in [3.63, 3.8) is 0 Å². The van der Waals surface area contributed by atoms with Crippen LogP contribution in [0.25, 0.3) is 0 Å². The van der Waals surface area contributed by atoms with Crippen molar-refractivity contribution in [2.75, 3.05) is 0 Å². The third kappa shape index (κ3) is 2.63. The van der Waals surface area contributed by atoms with Crippen LogP contribution in [0.2, 0.25) is 0 Å². The summed E-state index contributed by atoms with van der Waals surface area (Å²) in [5.41, 5.74) is 0.624. The van der Waals surface area contributed by atoms with Gasteiger partial charge in [-0.1, -0.05) is 6.92 Å². The van der Waals surface area contributed by atoms with E-state index in [9.17, 15) is 4.79 Å². The van der Waals surface area contributed by atoms with Crippen molar-refractivity contribution >= 4 is 15.9 Å². The molecule has 2 heterocycles. The predicted molar refractivity (Wildman–Crippen MR) is 65.9 cm³/mol. The quantitative estimate of drug-likeness (QED) is 0.868. The first-order valence-electron chi connectivity index (χ1n) is 5.28. The number of aromatic nitrogens is 3. The zero-order valence-electron chi connectivity index (χ0n) is 9.61. The third-order valence-corrected chi connectivity index (χ3v) is 2.78. The van der Waals surface area contributed by atoms with Gasteiger partial charge in [0.2, 0.25) is 11.8 Å². The van der Waals surface area contributed by atoms with Gasteiger partial charge < -0.3 is 8.98 Å². The highest BCUT2D eigenvalue weighted by Crippen LogP contribution is 2.09. The third-order valence-electron chi connectivity index (χ3n) is 2.35. The van der Waals surface area contributed by atoms with Gasteiger partial charge in [0.05, 0.1) is 0 Å². The summed E-state index contributed by atoms with van der Waals surface area (Å²) in [6.45, 7) is 4.01. The van der Waals surface area contributed by atoms with Crippen LogP contribution in [0.3, 0.4) is 0 Å². The molecule has 2 rings (SSSR count). The molecule has 0 aliphatic rings. The predicted octanol–water partition coefficient (Wildman–Crippen LogP) is 1.91. The molecule has 0 aromatic carbocycles. The van der Waals surface area contributed by atoms with Crippen molar-refractivity contribution in [2.45, 2.75) is 26.8 Å². The number of hydrogen-bond acceptors (Lipinski definition) is 4. The molecular weight excluding hydrogens is 286 g/mol. The second kappa shape index (κ2) is 4.83. The average Bonchev–Trinajstić information content (AvgIpc) is 2.73. The van der Waals surface area contributed by atoms with Gasteiger partial charge in [-0.05, 0) is 28.9 Å². The highest BCUT2D eigenvalue weighted by atomic mass is 79.9. The summed E-state index contributed by atoms with van der Waals surface area (Å²) in [5, 5.41) is 7.75. The molecule has 0 saturated heterocycles. The zero-order valence-corrected chi connectivity index (χ0v) is 11.2. The topological polar surface area (TPSA) is 60.9 Å². The minimum absolute atomic E-state index is 0.0514. The highest BCUT2D eigenvalue weighted by Gasteiger charge is 2.08. The van der Waals surface area contributed by atoms with E-state index >= 15 is 0 Å². The highest BCUT2D eigenvalue weighted by molar-refractivity contribution is 9.10. The van der Waals surface area contributed by atoms with Gasteiger partial charge in [0.25, 0.3) is 5.56 Å². The molecule has 0 bridgehead atoms. The van der Waals surface area contributed by atoms with Gasteiger partial charge in [-0.25, -0.2) is 0 Å². The SMILES string of the molecule is CCc1nnc(Cn2cc(Br)cc(C)c2=O)o1. The largest absolute Gasteiger partial charge is 0.423 e. The summed E-state index contributed by atoms with van der Waals surface area (Å²) < 4.78 is 7.77. The average molecular weight is 298 g/mol. The van der Waals surface area contributed by atoms with Crippen LogP contribution in [-0.4, -0.2) is 14.8 Å². The first-order valence-corrected chi connectivity index (χ1v) is 6.07. The fraction of sp³-hybridized carbons (Fsp3) is 0.364. The molecule has 6 heteroatoms. The molecule has 0 radical (unpaired) electrons. The van der Waals surface area contributed by atoms with Gasteiger partial charge in [-0.2, -0.15) is 0 Å². The Morgan fingerprint density at radius 1 is 1.41 bits per heavy atom. The number of halogens is 1. The maximum Gasteiger partial charge on any atom is 0.253 e. The van der Waals surface area contributed by atoms with E-state index in [4.69, 9.17) is 4.42 Å². The Balaban J connectivity index is 2.32. The van der Waals surface area contributed by atoms with Gasteiger partial charge in [0, 0.05) is 22.7 Å². The van der Waals surface area contributed by atoms with Gasteiger partial charge in [-0.15, -0.1) is 10.2 Å². The molecule has 0 N–H and O–H groups in total. The van der Waals surface area contributed by atoms with Crippen LogP contribution in [0.15, 0.2) is 25.9 Å². The van der Waals surface area contributed by atoms with Crippen molar-refractivity contribution in [3.8, 4) is 0 Å². The lowest BCUT2D eigenvalue weighted by molar-refractivity contribution is 0.439. The van der Waals surface area contributed by atoms with Gasteiger partial charge >= 0.3 is 0 Å². The second-order valence-electron chi connectivity index (χ2n) is 3.72. The van der Waals surface area contributed by atoms with Crippen LogP contribution >= 0.6 is 15.9 Å². The van der Waals surface area contributed by atoms with Gasteiger partial charge in [0.15, 0.2) is 0 Å². The van der Waals surface area contributed by atoms with Crippen molar-refractivity contribution < 1.29 is 4.42 Å². The molecule has 0 unspecified atom stereocenters. The molecule has 2 aromatic rings. The van der Waals surface area contributed by atoms with E-state index in [1.165, 1.54) is 0 Å². The van der Waals surface area contributed by atoms with Crippen LogP contribution in [0, 0.1) is 6.92 Å². The Kier molecular flexibility index (Phi) is 3.42.